The highest BCUT2D eigenvalue weighted by Crippen LogP contribution is 2.54. The Hall–Kier alpha value is -5.39. The van der Waals surface area contributed by atoms with Gasteiger partial charge in [0, 0.05) is 43.6 Å². The Morgan fingerprint density at radius 2 is 1.11 bits per heavy atom. The molecule has 2 aliphatic rings. The van der Waals surface area contributed by atoms with E-state index in [9.17, 15) is 0 Å². The van der Waals surface area contributed by atoms with Crippen LogP contribution < -0.4 is 4.90 Å². The van der Waals surface area contributed by atoms with E-state index in [1.54, 1.807) is 0 Å². The van der Waals surface area contributed by atoms with Crippen LogP contribution in [0.15, 0.2) is 140 Å². The molecule has 3 heterocycles. The molecule has 9 rings (SSSR count). The number of anilines is 2. The minimum Gasteiger partial charge on any atom is -0.333 e. The Morgan fingerprint density at radius 3 is 1.80 bits per heavy atom. The lowest BCUT2D eigenvalue weighted by Gasteiger charge is -2.30. The Balaban J connectivity index is 1.12. The van der Waals surface area contributed by atoms with E-state index in [0.29, 0.717) is 23.4 Å². The molecule has 4 nitrogen and oxygen atoms in total. The van der Waals surface area contributed by atoms with Gasteiger partial charge in [0.25, 0.3) is 0 Å². The van der Waals surface area contributed by atoms with Crippen LogP contribution in [0.2, 0.25) is 0 Å². The normalized spacial score (nSPS) is 16.5. The lowest BCUT2D eigenvalue weighted by Crippen LogP contribution is -2.30. The number of thiophene rings is 1. The summed E-state index contributed by atoms with van der Waals surface area (Å²) in [7, 11) is 0. The van der Waals surface area contributed by atoms with E-state index in [-0.39, 0.29) is 6.04 Å². The first kappa shape index (κ1) is 25.1. The lowest BCUT2D eigenvalue weighted by atomic mass is 9.86. The van der Waals surface area contributed by atoms with Crippen LogP contribution in [0.3, 0.4) is 0 Å². The van der Waals surface area contributed by atoms with Crippen molar-refractivity contribution in [3.05, 3.63) is 156 Å². The third kappa shape index (κ3) is 4.01. The second-order valence-corrected chi connectivity index (χ2v) is 12.3. The van der Waals surface area contributed by atoms with E-state index in [1.165, 1.54) is 31.8 Å². The Labute approximate surface area is 259 Å². The van der Waals surface area contributed by atoms with Crippen LogP contribution in [0.5, 0.6) is 0 Å². The van der Waals surface area contributed by atoms with Gasteiger partial charge in [-0.1, -0.05) is 109 Å². The molecule has 0 spiro atoms. The van der Waals surface area contributed by atoms with Crippen molar-refractivity contribution in [3.63, 3.8) is 0 Å². The Bertz CT molecular complexity index is 2130. The van der Waals surface area contributed by atoms with Crippen molar-refractivity contribution < 1.29 is 0 Å². The maximum atomic E-state index is 4.93. The molecule has 2 unspecified atom stereocenters. The summed E-state index contributed by atoms with van der Waals surface area (Å²) in [6, 6.07) is 46.8. The summed E-state index contributed by atoms with van der Waals surface area (Å²) in [5.74, 6) is 2.30. The van der Waals surface area contributed by atoms with Crippen LogP contribution in [0.25, 0.3) is 50.3 Å². The summed E-state index contributed by atoms with van der Waals surface area (Å²) in [6.45, 7) is 0. The molecule has 0 amide bonds. The molecule has 1 aliphatic carbocycles. The second-order valence-electron chi connectivity index (χ2n) is 11.2. The highest BCUT2D eigenvalue weighted by molar-refractivity contribution is 7.19. The molecule has 0 saturated carbocycles. The van der Waals surface area contributed by atoms with E-state index in [2.05, 4.69) is 89.8 Å². The van der Waals surface area contributed by atoms with Gasteiger partial charge in [0.15, 0.2) is 17.5 Å². The molecule has 0 saturated heterocycles. The van der Waals surface area contributed by atoms with Gasteiger partial charge >= 0.3 is 0 Å². The van der Waals surface area contributed by atoms with E-state index >= 15 is 0 Å². The number of benzene rings is 5. The molecule has 5 aromatic carbocycles. The molecule has 5 heteroatoms. The van der Waals surface area contributed by atoms with Gasteiger partial charge in [-0.2, -0.15) is 0 Å². The first-order valence-electron chi connectivity index (χ1n) is 14.9. The SMILES string of the molecule is C1=CC2C(c3ccccc3N2c2ccc(-c3nc(-c4ccccc4)nc(-c4ccccc4)n3)cc2)c2sc3ccccc3c21. The molecule has 0 fully saturated rings. The molecule has 208 valence electrons. The number of para-hydroxylation sites is 1. The standard InChI is InChI=1S/C39H26N4S/c1-3-11-25(12-4-1)37-40-38(26-13-5-2-6-14-26)42-39(41-37)27-19-21-28(22-20-27)43-32-17-9-7-16-31(32)35-33(43)24-23-30-29-15-8-10-18-34(29)44-36(30)35/h1-24,33,35H. The molecule has 0 N–H and O–H groups in total. The van der Waals surface area contributed by atoms with Crippen LogP contribution in [-0.4, -0.2) is 21.0 Å². The zero-order valence-electron chi connectivity index (χ0n) is 23.7. The minimum absolute atomic E-state index is 0.213. The fourth-order valence-corrected chi connectivity index (χ4v) is 8.01. The van der Waals surface area contributed by atoms with E-state index in [4.69, 9.17) is 15.0 Å². The summed E-state index contributed by atoms with van der Waals surface area (Å²) >= 11 is 1.94. The van der Waals surface area contributed by atoms with Crippen LogP contribution >= 0.6 is 11.3 Å². The van der Waals surface area contributed by atoms with E-state index < -0.39 is 0 Å². The number of nitrogens with zero attached hydrogens (tertiary/aromatic N) is 4. The molecule has 2 aromatic heterocycles. The van der Waals surface area contributed by atoms with Crippen LogP contribution in [0, 0.1) is 0 Å². The van der Waals surface area contributed by atoms with Crippen molar-refractivity contribution in [2.45, 2.75) is 12.0 Å². The topological polar surface area (TPSA) is 41.9 Å². The average molecular weight is 583 g/mol. The molecule has 0 radical (unpaired) electrons. The van der Waals surface area contributed by atoms with Crippen molar-refractivity contribution >= 4 is 38.9 Å². The van der Waals surface area contributed by atoms with Crippen molar-refractivity contribution in [2.75, 3.05) is 4.90 Å². The van der Waals surface area contributed by atoms with Crippen molar-refractivity contribution in [3.8, 4) is 34.2 Å². The molecule has 44 heavy (non-hydrogen) atoms. The van der Waals surface area contributed by atoms with Gasteiger partial charge in [-0.3, -0.25) is 0 Å². The fraction of sp³-hybridized carbons (Fsp3) is 0.0513. The molecule has 7 aromatic rings. The summed E-state index contributed by atoms with van der Waals surface area (Å²) in [5, 5.41) is 1.35. The van der Waals surface area contributed by atoms with Gasteiger partial charge in [0.2, 0.25) is 0 Å². The predicted octanol–water partition coefficient (Wildman–Crippen LogP) is 9.77. The summed E-state index contributed by atoms with van der Waals surface area (Å²) in [5.41, 5.74) is 8.07. The van der Waals surface area contributed by atoms with Crippen LogP contribution in [0.1, 0.15) is 21.9 Å². The number of fused-ring (bicyclic) bond motifs is 7. The molecular weight excluding hydrogens is 557 g/mol. The quantitative estimate of drug-likeness (QED) is 0.207. The largest absolute Gasteiger partial charge is 0.333 e. The zero-order chi connectivity index (χ0) is 29.0. The molecular formula is C39H26N4S. The van der Waals surface area contributed by atoms with Gasteiger partial charge in [-0.15, -0.1) is 11.3 Å². The number of hydrogen-bond donors (Lipinski definition) is 0. The second kappa shape index (κ2) is 10.1. The van der Waals surface area contributed by atoms with E-state index in [0.717, 1.165) is 22.4 Å². The summed E-state index contributed by atoms with van der Waals surface area (Å²) < 4.78 is 1.35. The first-order valence-corrected chi connectivity index (χ1v) is 15.7. The number of rotatable bonds is 4. The predicted molar refractivity (Wildman–Crippen MR) is 181 cm³/mol. The Kier molecular flexibility index (Phi) is 5.78. The highest BCUT2D eigenvalue weighted by Gasteiger charge is 2.42. The maximum absolute atomic E-state index is 4.93. The third-order valence-corrected chi connectivity index (χ3v) is 9.95. The van der Waals surface area contributed by atoms with Gasteiger partial charge in [0.05, 0.1) is 6.04 Å². The Morgan fingerprint density at radius 1 is 0.545 bits per heavy atom. The fourth-order valence-electron chi connectivity index (χ4n) is 6.66. The van der Waals surface area contributed by atoms with E-state index in [1.807, 2.05) is 72.0 Å². The molecule has 0 bridgehead atoms. The number of aromatic nitrogens is 3. The maximum Gasteiger partial charge on any atom is 0.164 e. The smallest absolute Gasteiger partial charge is 0.164 e. The number of hydrogen-bond acceptors (Lipinski definition) is 5. The zero-order valence-corrected chi connectivity index (χ0v) is 24.5. The van der Waals surface area contributed by atoms with Gasteiger partial charge in [-0.05, 0) is 52.9 Å². The first-order chi connectivity index (χ1) is 21.8. The third-order valence-electron chi connectivity index (χ3n) is 8.68. The molecule has 1 aliphatic heterocycles. The summed E-state index contributed by atoms with van der Waals surface area (Å²) in [4.78, 5) is 18.7. The van der Waals surface area contributed by atoms with Crippen LogP contribution in [0.4, 0.5) is 11.4 Å². The average Bonchev–Trinajstić information content (AvgIpc) is 3.65. The highest BCUT2D eigenvalue weighted by atomic mass is 32.1. The van der Waals surface area contributed by atoms with Gasteiger partial charge in [-0.25, -0.2) is 15.0 Å². The molecule has 2 atom stereocenters. The van der Waals surface area contributed by atoms with Gasteiger partial charge in [0.1, 0.15) is 0 Å². The lowest BCUT2D eigenvalue weighted by molar-refractivity contribution is 0.737. The monoisotopic (exact) mass is 582 g/mol. The van der Waals surface area contributed by atoms with Gasteiger partial charge < -0.3 is 4.90 Å². The van der Waals surface area contributed by atoms with Crippen molar-refractivity contribution in [1.82, 2.24) is 15.0 Å². The van der Waals surface area contributed by atoms with Crippen LogP contribution in [-0.2, 0) is 0 Å². The minimum atomic E-state index is 0.213. The van der Waals surface area contributed by atoms with Crippen molar-refractivity contribution in [2.24, 2.45) is 0 Å². The summed E-state index contributed by atoms with van der Waals surface area (Å²) in [6.07, 6.45) is 4.73. The van der Waals surface area contributed by atoms with Crippen molar-refractivity contribution in [1.29, 1.82) is 0 Å².